The zero-order valence-corrected chi connectivity index (χ0v) is 14.7. The van der Waals surface area contributed by atoms with Crippen LogP contribution in [0.2, 0.25) is 0 Å². The highest BCUT2D eigenvalue weighted by Gasteiger charge is 2.21. The molecule has 0 unspecified atom stereocenters. The van der Waals surface area contributed by atoms with Gasteiger partial charge in [0.1, 0.15) is 5.82 Å². The Morgan fingerprint density at radius 2 is 1.69 bits per heavy atom. The van der Waals surface area contributed by atoms with Gasteiger partial charge in [0, 0.05) is 31.7 Å². The van der Waals surface area contributed by atoms with Crippen LogP contribution >= 0.6 is 0 Å². The Bertz CT molecular complexity index is 870. The molecule has 1 aliphatic rings. The molecule has 0 atom stereocenters. The fraction of sp³-hybridized carbons (Fsp3) is 0.300. The molecule has 1 aromatic heterocycles. The van der Waals surface area contributed by atoms with Crippen LogP contribution in [0.5, 0.6) is 0 Å². The molecule has 1 saturated heterocycles. The molecule has 0 amide bonds. The Balaban J connectivity index is 1.36. The molecule has 2 aromatic carbocycles. The molecule has 3 aromatic rings. The predicted octanol–water partition coefficient (Wildman–Crippen LogP) is 3.51. The van der Waals surface area contributed by atoms with Crippen molar-refractivity contribution >= 4 is 5.69 Å². The number of rotatable bonds is 4. The van der Waals surface area contributed by atoms with E-state index < -0.39 is 0 Å². The van der Waals surface area contributed by atoms with Crippen LogP contribution in [0.25, 0.3) is 11.5 Å². The number of hydrogen-bond acceptors (Lipinski definition) is 5. The molecule has 1 fully saturated rings. The van der Waals surface area contributed by atoms with Gasteiger partial charge in [-0.2, -0.15) is 0 Å². The number of piperazine rings is 1. The SMILES string of the molecule is Cc1ccc(-c2nnc(CN3CCN(c4ccccc4F)CC3)o2)cc1. The second-order valence-electron chi connectivity index (χ2n) is 6.58. The second kappa shape index (κ2) is 7.25. The zero-order chi connectivity index (χ0) is 17.9. The van der Waals surface area contributed by atoms with Crippen LogP contribution in [0.15, 0.2) is 52.9 Å². The molecule has 5 nitrogen and oxygen atoms in total. The van der Waals surface area contributed by atoms with Crippen molar-refractivity contribution in [3.8, 4) is 11.5 Å². The van der Waals surface area contributed by atoms with Gasteiger partial charge < -0.3 is 9.32 Å². The lowest BCUT2D eigenvalue weighted by Gasteiger charge is -2.35. The van der Waals surface area contributed by atoms with Crippen molar-refractivity contribution in [2.24, 2.45) is 0 Å². The predicted molar refractivity (Wildman–Crippen MR) is 98.4 cm³/mol. The van der Waals surface area contributed by atoms with Crippen LogP contribution in [0.3, 0.4) is 0 Å². The summed E-state index contributed by atoms with van der Waals surface area (Å²) in [5.41, 5.74) is 2.80. The van der Waals surface area contributed by atoms with E-state index in [0.717, 1.165) is 31.7 Å². The molecule has 6 heteroatoms. The first-order valence-electron chi connectivity index (χ1n) is 8.80. The number of aryl methyl sites for hydroxylation is 1. The van der Waals surface area contributed by atoms with E-state index in [2.05, 4.69) is 20.0 Å². The summed E-state index contributed by atoms with van der Waals surface area (Å²) in [5.74, 6) is 0.991. The van der Waals surface area contributed by atoms with Gasteiger partial charge in [0.2, 0.25) is 11.8 Å². The fourth-order valence-corrected chi connectivity index (χ4v) is 3.18. The summed E-state index contributed by atoms with van der Waals surface area (Å²) in [5, 5.41) is 8.32. The minimum absolute atomic E-state index is 0.166. The molecule has 1 aliphatic heterocycles. The summed E-state index contributed by atoms with van der Waals surface area (Å²) in [7, 11) is 0. The molecule has 2 heterocycles. The molecular formula is C20H21FN4O. The van der Waals surface area contributed by atoms with Crippen LogP contribution in [0.4, 0.5) is 10.1 Å². The Hall–Kier alpha value is -2.73. The Kier molecular flexibility index (Phi) is 4.67. The van der Waals surface area contributed by atoms with Crippen molar-refractivity contribution in [2.45, 2.75) is 13.5 Å². The number of benzene rings is 2. The van der Waals surface area contributed by atoms with Gasteiger partial charge in [-0.25, -0.2) is 4.39 Å². The lowest BCUT2D eigenvalue weighted by molar-refractivity contribution is 0.226. The van der Waals surface area contributed by atoms with Gasteiger partial charge in [-0.15, -0.1) is 10.2 Å². The van der Waals surface area contributed by atoms with Gasteiger partial charge in [0.15, 0.2) is 0 Å². The largest absolute Gasteiger partial charge is 0.419 e. The zero-order valence-electron chi connectivity index (χ0n) is 14.7. The number of aromatic nitrogens is 2. The minimum atomic E-state index is -0.166. The van der Waals surface area contributed by atoms with E-state index in [9.17, 15) is 4.39 Å². The number of anilines is 1. The number of hydrogen-bond donors (Lipinski definition) is 0. The van der Waals surface area contributed by atoms with Gasteiger partial charge >= 0.3 is 0 Å². The summed E-state index contributed by atoms with van der Waals surface area (Å²) in [6, 6.07) is 15.0. The smallest absolute Gasteiger partial charge is 0.247 e. The van der Waals surface area contributed by atoms with E-state index in [-0.39, 0.29) is 5.82 Å². The van der Waals surface area contributed by atoms with Crippen LogP contribution in [-0.4, -0.2) is 41.3 Å². The van der Waals surface area contributed by atoms with E-state index in [1.54, 1.807) is 6.07 Å². The highest BCUT2D eigenvalue weighted by atomic mass is 19.1. The highest BCUT2D eigenvalue weighted by molar-refractivity contribution is 5.52. The van der Waals surface area contributed by atoms with E-state index >= 15 is 0 Å². The number of nitrogens with zero attached hydrogens (tertiary/aromatic N) is 4. The van der Waals surface area contributed by atoms with Crippen LogP contribution < -0.4 is 4.90 Å². The molecule has 0 radical (unpaired) electrons. The summed E-state index contributed by atoms with van der Waals surface area (Å²) in [4.78, 5) is 4.33. The maximum atomic E-state index is 13.9. The minimum Gasteiger partial charge on any atom is -0.419 e. The molecule has 0 saturated carbocycles. The maximum Gasteiger partial charge on any atom is 0.247 e. The lowest BCUT2D eigenvalue weighted by atomic mass is 10.1. The Labute approximate surface area is 152 Å². The van der Waals surface area contributed by atoms with E-state index in [1.807, 2.05) is 43.3 Å². The van der Waals surface area contributed by atoms with E-state index in [0.29, 0.717) is 24.0 Å². The highest BCUT2D eigenvalue weighted by Crippen LogP contribution is 2.22. The third-order valence-corrected chi connectivity index (χ3v) is 4.69. The topological polar surface area (TPSA) is 45.4 Å². The van der Waals surface area contributed by atoms with Crippen molar-refractivity contribution in [3.05, 3.63) is 65.8 Å². The van der Waals surface area contributed by atoms with Crippen LogP contribution in [-0.2, 0) is 6.54 Å². The van der Waals surface area contributed by atoms with Crippen LogP contribution in [0, 0.1) is 12.7 Å². The number of para-hydroxylation sites is 1. The summed E-state index contributed by atoms with van der Waals surface area (Å²) >= 11 is 0. The molecule has 0 aliphatic carbocycles. The molecule has 0 bridgehead atoms. The van der Waals surface area contributed by atoms with Crippen molar-refractivity contribution in [1.29, 1.82) is 0 Å². The molecule has 0 spiro atoms. The fourth-order valence-electron chi connectivity index (χ4n) is 3.18. The van der Waals surface area contributed by atoms with E-state index in [4.69, 9.17) is 4.42 Å². The molecule has 134 valence electrons. The summed E-state index contributed by atoms with van der Waals surface area (Å²) < 4.78 is 19.7. The van der Waals surface area contributed by atoms with Gasteiger partial charge in [0.25, 0.3) is 0 Å². The van der Waals surface area contributed by atoms with Crippen molar-refractivity contribution in [2.75, 3.05) is 31.1 Å². The van der Waals surface area contributed by atoms with Gasteiger partial charge in [-0.05, 0) is 31.2 Å². The first-order chi connectivity index (χ1) is 12.7. The third-order valence-electron chi connectivity index (χ3n) is 4.69. The second-order valence-corrected chi connectivity index (χ2v) is 6.58. The maximum absolute atomic E-state index is 13.9. The third kappa shape index (κ3) is 3.60. The van der Waals surface area contributed by atoms with Crippen molar-refractivity contribution in [1.82, 2.24) is 15.1 Å². The van der Waals surface area contributed by atoms with Gasteiger partial charge in [-0.3, -0.25) is 4.90 Å². The first-order valence-corrected chi connectivity index (χ1v) is 8.80. The standard InChI is InChI=1S/C20H21FN4O/c1-15-6-8-16(9-7-15)20-23-22-19(26-20)14-24-10-12-25(13-11-24)18-5-3-2-4-17(18)21/h2-9H,10-14H2,1H3. The first kappa shape index (κ1) is 16.7. The summed E-state index contributed by atoms with van der Waals surface area (Å²) in [6.07, 6.45) is 0. The molecule has 4 rings (SSSR count). The normalized spacial score (nSPS) is 15.4. The molecule has 0 N–H and O–H groups in total. The monoisotopic (exact) mass is 352 g/mol. The van der Waals surface area contributed by atoms with Gasteiger partial charge in [-0.1, -0.05) is 29.8 Å². The molecular weight excluding hydrogens is 331 g/mol. The Morgan fingerprint density at radius 3 is 2.42 bits per heavy atom. The average Bonchev–Trinajstić information content (AvgIpc) is 3.12. The average molecular weight is 352 g/mol. The summed E-state index contributed by atoms with van der Waals surface area (Å²) in [6.45, 7) is 5.88. The van der Waals surface area contributed by atoms with Crippen molar-refractivity contribution in [3.63, 3.8) is 0 Å². The lowest BCUT2D eigenvalue weighted by Crippen LogP contribution is -2.46. The quantitative estimate of drug-likeness (QED) is 0.719. The number of halogens is 1. The Morgan fingerprint density at radius 1 is 0.962 bits per heavy atom. The molecule has 26 heavy (non-hydrogen) atoms. The van der Waals surface area contributed by atoms with Crippen LogP contribution in [0.1, 0.15) is 11.5 Å². The van der Waals surface area contributed by atoms with Gasteiger partial charge in [0.05, 0.1) is 12.2 Å². The van der Waals surface area contributed by atoms with E-state index in [1.165, 1.54) is 11.6 Å². The van der Waals surface area contributed by atoms with Crippen molar-refractivity contribution < 1.29 is 8.81 Å².